The highest BCUT2D eigenvalue weighted by Gasteiger charge is 2.19. The quantitative estimate of drug-likeness (QED) is 0.620. The van der Waals surface area contributed by atoms with Crippen LogP contribution in [-0.4, -0.2) is 17.9 Å². The molecular formula is C22H26N2O3. The van der Waals surface area contributed by atoms with Crippen LogP contribution in [0.25, 0.3) is 0 Å². The van der Waals surface area contributed by atoms with Gasteiger partial charge in [-0.25, -0.2) is 0 Å². The Morgan fingerprint density at radius 1 is 0.852 bits per heavy atom. The van der Waals surface area contributed by atoms with E-state index in [2.05, 4.69) is 10.6 Å². The van der Waals surface area contributed by atoms with Crippen molar-refractivity contribution in [2.75, 3.05) is 5.32 Å². The third kappa shape index (κ3) is 6.13. The van der Waals surface area contributed by atoms with Gasteiger partial charge in [-0.1, -0.05) is 56.0 Å². The molecule has 0 bridgehead atoms. The standard InChI is InChI=1S/C22H26N2O3/c25-21(23-18-10-6-1-2-7-11-18)22(26)24-19-12-14-20(15-13-19)27-16-17-8-4-3-5-9-17/h3-5,8-9,12-15,18H,1-2,6-7,10-11,16H2,(H,23,25)(H,24,26). The van der Waals surface area contributed by atoms with E-state index in [0.717, 1.165) is 31.2 Å². The fourth-order valence-corrected chi connectivity index (χ4v) is 3.24. The van der Waals surface area contributed by atoms with E-state index in [0.29, 0.717) is 18.0 Å². The van der Waals surface area contributed by atoms with Crippen LogP contribution in [-0.2, 0) is 16.2 Å². The highest BCUT2D eigenvalue weighted by Crippen LogP contribution is 2.18. The molecule has 1 fully saturated rings. The maximum Gasteiger partial charge on any atom is 0.313 e. The molecule has 27 heavy (non-hydrogen) atoms. The van der Waals surface area contributed by atoms with E-state index in [4.69, 9.17) is 4.74 Å². The van der Waals surface area contributed by atoms with Gasteiger partial charge in [0.1, 0.15) is 12.4 Å². The first kappa shape index (κ1) is 19.0. The predicted molar refractivity (Wildman–Crippen MR) is 105 cm³/mol. The van der Waals surface area contributed by atoms with Crippen molar-refractivity contribution in [3.8, 4) is 5.75 Å². The minimum Gasteiger partial charge on any atom is -0.489 e. The fourth-order valence-electron chi connectivity index (χ4n) is 3.24. The van der Waals surface area contributed by atoms with Crippen molar-refractivity contribution >= 4 is 17.5 Å². The number of hydrogen-bond donors (Lipinski definition) is 2. The maximum absolute atomic E-state index is 12.1. The molecule has 0 heterocycles. The summed E-state index contributed by atoms with van der Waals surface area (Å²) in [6.45, 7) is 0.482. The Bertz CT molecular complexity index is 736. The van der Waals surface area contributed by atoms with Crippen molar-refractivity contribution in [2.24, 2.45) is 0 Å². The molecule has 5 nitrogen and oxygen atoms in total. The molecular weight excluding hydrogens is 340 g/mol. The summed E-state index contributed by atoms with van der Waals surface area (Å²) in [6, 6.07) is 17.0. The second kappa shape index (κ2) is 9.76. The first-order valence-corrected chi connectivity index (χ1v) is 9.59. The first-order valence-electron chi connectivity index (χ1n) is 9.59. The van der Waals surface area contributed by atoms with Gasteiger partial charge in [0, 0.05) is 11.7 Å². The van der Waals surface area contributed by atoms with Gasteiger partial charge in [0.2, 0.25) is 0 Å². The Kier molecular flexibility index (Phi) is 6.85. The van der Waals surface area contributed by atoms with Crippen LogP contribution < -0.4 is 15.4 Å². The zero-order chi connectivity index (χ0) is 18.9. The molecule has 2 amide bonds. The summed E-state index contributed by atoms with van der Waals surface area (Å²) >= 11 is 0. The van der Waals surface area contributed by atoms with Crippen molar-refractivity contribution in [3.63, 3.8) is 0 Å². The minimum absolute atomic E-state index is 0.111. The van der Waals surface area contributed by atoms with Crippen molar-refractivity contribution in [3.05, 3.63) is 60.2 Å². The molecule has 0 radical (unpaired) electrons. The Morgan fingerprint density at radius 3 is 2.19 bits per heavy atom. The van der Waals surface area contributed by atoms with Gasteiger partial charge >= 0.3 is 11.8 Å². The Morgan fingerprint density at radius 2 is 1.52 bits per heavy atom. The number of nitrogens with one attached hydrogen (secondary N) is 2. The van der Waals surface area contributed by atoms with E-state index in [-0.39, 0.29) is 6.04 Å². The average Bonchev–Trinajstić information content (AvgIpc) is 2.97. The van der Waals surface area contributed by atoms with Crippen LogP contribution in [0.15, 0.2) is 54.6 Å². The third-order valence-corrected chi connectivity index (χ3v) is 4.76. The number of anilines is 1. The van der Waals surface area contributed by atoms with Gasteiger partial charge < -0.3 is 15.4 Å². The summed E-state index contributed by atoms with van der Waals surface area (Å²) in [7, 11) is 0. The molecule has 2 N–H and O–H groups in total. The van der Waals surface area contributed by atoms with E-state index in [1.807, 2.05) is 30.3 Å². The molecule has 142 valence electrons. The van der Waals surface area contributed by atoms with Crippen LogP contribution in [0.5, 0.6) is 5.75 Å². The molecule has 1 aliphatic carbocycles. The number of hydrogen-bond acceptors (Lipinski definition) is 3. The van der Waals surface area contributed by atoms with Gasteiger partial charge in [0.05, 0.1) is 0 Å². The number of benzene rings is 2. The summed E-state index contributed by atoms with van der Waals surface area (Å²) in [6.07, 6.45) is 6.53. The second-order valence-electron chi connectivity index (χ2n) is 6.91. The lowest BCUT2D eigenvalue weighted by molar-refractivity contribution is -0.136. The molecule has 0 saturated heterocycles. The first-order chi connectivity index (χ1) is 13.2. The van der Waals surface area contributed by atoms with Crippen LogP contribution in [0.4, 0.5) is 5.69 Å². The number of rotatable bonds is 5. The van der Waals surface area contributed by atoms with Crippen LogP contribution in [0.3, 0.4) is 0 Å². The largest absolute Gasteiger partial charge is 0.489 e. The zero-order valence-electron chi connectivity index (χ0n) is 15.4. The molecule has 2 aromatic rings. The molecule has 0 aliphatic heterocycles. The van der Waals surface area contributed by atoms with E-state index >= 15 is 0 Å². The smallest absolute Gasteiger partial charge is 0.313 e. The number of carbonyl (C=O) groups excluding carboxylic acids is 2. The molecule has 0 aromatic heterocycles. The SMILES string of the molecule is O=C(Nc1ccc(OCc2ccccc2)cc1)C(=O)NC1CCCCCC1. The van der Waals surface area contributed by atoms with Gasteiger partial charge in [-0.2, -0.15) is 0 Å². The average molecular weight is 366 g/mol. The van der Waals surface area contributed by atoms with Crippen molar-refractivity contribution in [1.82, 2.24) is 5.32 Å². The maximum atomic E-state index is 12.1. The number of ether oxygens (including phenoxy) is 1. The highest BCUT2D eigenvalue weighted by atomic mass is 16.5. The zero-order valence-corrected chi connectivity index (χ0v) is 15.4. The highest BCUT2D eigenvalue weighted by molar-refractivity contribution is 6.39. The Balaban J connectivity index is 1.46. The molecule has 0 unspecified atom stereocenters. The summed E-state index contributed by atoms with van der Waals surface area (Å²) in [4.78, 5) is 24.2. The summed E-state index contributed by atoms with van der Waals surface area (Å²) in [5, 5.41) is 5.49. The summed E-state index contributed by atoms with van der Waals surface area (Å²) in [5.41, 5.74) is 1.66. The Labute approximate surface area is 160 Å². The molecule has 0 spiro atoms. The third-order valence-electron chi connectivity index (χ3n) is 4.76. The fraction of sp³-hybridized carbons (Fsp3) is 0.364. The number of carbonyl (C=O) groups is 2. The van der Waals surface area contributed by atoms with E-state index < -0.39 is 11.8 Å². The van der Waals surface area contributed by atoms with E-state index in [1.54, 1.807) is 24.3 Å². The molecule has 1 saturated carbocycles. The molecule has 5 heteroatoms. The molecule has 3 rings (SSSR count). The number of amides is 2. The second-order valence-corrected chi connectivity index (χ2v) is 6.91. The summed E-state index contributed by atoms with van der Waals surface area (Å²) < 4.78 is 5.72. The van der Waals surface area contributed by atoms with Crippen LogP contribution in [0, 0.1) is 0 Å². The predicted octanol–water partition coefficient (Wildman–Crippen LogP) is 4.04. The van der Waals surface area contributed by atoms with E-state index in [9.17, 15) is 9.59 Å². The van der Waals surface area contributed by atoms with Crippen molar-refractivity contribution in [2.45, 2.75) is 51.2 Å². The van der Waals surface area contributed by atoms with Crippen LogP contribution in [0.2, 0.25) is 0 Å². The lowest BCUT2D eigenvalue weighted by Crippen LogP contribution is -2.41. The Hall–Kier alpha value is -2.82. The van der Waals surface area contributed by atoms with Crippen molar-refractivity contribution in [1.29, 1.82) is 0 Å². The van der Waals surface area contributed by atoms with Gasteiger partial charge in [-0.05, 0) is 42.7 Å². The topological polar surface area (TPSA) is 67.4 Å². The monoisotopic (exact) mass is 366 g/mol. The van der Waals surface area contributed by atoms with Crippen LogP contribution in [0.1, 0.15) is 44.1 Å². The van der Waals surface area contributed by atoms with Gasteiger partial charge in [0.15, 0.2) is 0 Å². The normalized spacial score (nSPS) is 14.8. The lowest BCUT2D eigenvalue weighted by atomic mass is 10.1. The van der Waals surface area contributed by atoms with Gasteiger partial charge in [0.25, 0.3) is 0 Å². The summed E-state index contributed by atoms with van der Waals surface area (Å²) in [5.74, 6) is -0.483. The molecule has 2 aromatic carbocycles. The van der Waals surface area contributed by atoms with E-state index in [1.165, 1.54) is 12.8 Å². The van der Waals surface area contributed by atoms with Crippen LogP contribution >= 0.6 is 0 Å². The lowest BCUT2D eigenvalue weighted by Gasteiger charge is -2.15. The van der Waals surface area contributed by atoms with Gasteiger partial charge in [-0.15, -0.1) is 0 Å². The van der Waals surface area contributed by atoms with Gasteiger partial charge in [-0.3, -0.25) is 9.59 Å². The molecule has 0 atom stereocenters. The van der Waals surface area contributed by atoms with Crippen molar-refractivity contribution < 1.29 is 14.3 Å². The minimum atomic E-state index is -0.628. The molecule has 1 aliphatic rings.